The van der Waals surface area contributed by atoms with E-state index in [0.717, 1.165) is 153 Å². The van der Waals surface area contributed by atoms with Crippen LogP contribution in [0.25, 0.3) is 0 Å². The fraction of sp³-hybridized carbons (Fsp3) is 0.896. The van der Waals surface area contributed by atoms with Crippen molar-refractivity contribution in [3.8, 4) is 0 Å². The minimum Gasteiger partial charge on any atom is -1.00 e. The number of rotatable bonds is 13. The van der Waals surface area contributed by atoms with Crippen LogP contribution in [-0.4, -0.2) is 352 Å². The van der Waals surface area contributed by atoms with E-state index in [4.69, 9.17) is 24.4 Å². The Labute approximate surface area is 571 Å². The van der Waals surface area contributed by atoms with Crippen molar-refractivity contribution in [1.29, 1.82) is 0 Å². The van der Waals surface area contributed by atoms with Gasteiger partial charge in [-0.3, -0.25) is 29.1 Å². The molecule has 0 radical (unpaired) electrons. The molecule has 0 unspecified atom stereocenters. The highest BCUT2D eigenvalue weighted by Gasteiger charge is 2.37. The molecule has 0 aliphatic carbocycles. The number of quaternary nitrogens is 6. The maximum Gasteiger partial charge on any atom is 0.361 e. The van der Waals surface area contributed by atoms with Crippen LogP contribution in [-0.2, 0) is 38.2 Å². The number of carboxylic acid groups (broad SMARTS) is 2. The van der Waals surface area contributed by atoms with Gasteiger partial charge in [0.2, 0.25) is 0 Å². The number of esters is 3. The van der Waals surface area contributed by atoms with E-state index in [1.807, 2.05) is 37.6 Å². The highest BCUT2D eigenvalue weighted by atomic mass is 127. The lowest BCUT2D eigenvalue weighted by molar-refractivity contribution is -1.00. The number of halogens is 7. The summed E-state index contributed by atoms with van der Waals surface area (Å²) >= 11 is 2.15. The summed E-state index contributed by atoms with van der Waals surface area (Å²) in [6.45, 7) is 29.5. The number of hydrogen-bond donors (Lipinski definition) is 2. The predicted octanol–water partition coefficient (Wildman–Crippen LogP) is -18.0. The van der Waals surface area contributed by atoms with Crippen LogP contribution in [0.2, 0.25) is 0 Å². The number of ether oxygens (including phenoxy) is 3. The molecule has 0 bridgehead atoms. The summed E-state index contributed by atoms with van der Waals surface area (Å²) in [4.78, 5) is 65.3. The number of carbonyl (C=O) groups excluding carboxylic acids is 3. The Morgan fingerprint density at radius 1 is 0.387 bits per heavy atom. The maximum absolute atomic E-state index is 11.4. The van der Waals surface area contributed by atoms with Crippen molar-refractivity contribution < 1.29 is 219 Å². The Morgan fingerprint density at radius 2 is 0.653 bits per heavy atom. The predicted molar refractivity (Wildman–Crippen MR) is 281 cm³/mol. The molecule has 0 aromatic rings. The molecule has 5 aliphatic rings. The molecular weight excluding hydrogens is 1760 g/mol. The first-order valence-corrected chi connectivity index (χ1v) is 27.2. The number of piperazine rings is 5. The zero-order valence-electron chi connectivity index (χ0n) is 48.6. The molecule has 0 atom stereocenters. The van der Waals surface area contributed by atoms with Crippen LogP contribution in [0, 0.1) is 0 Å². The Bertz CT molecular complexity index is 1500. The minimum absolute atomic E-state index is 0. The highest BCUT2D eigenvalue weighted by molar-refractivity contribution is 14.1. The first-order chi connectivity index (χ1) is 31.9. The van der Waals surface area contributed by atoms with Gasteiger partial charge in [0.05, 0.1) is 136 Å². The van der Waals surface area contributed by atoms with Gasteiger partial charge in [0, 0.05) is 52.4 Å². The van der Waals surface area contributed by atoms with E-state index >= 15 is 0 Å². The van der Waals surface area contributed by atoms with Crippen LogP contribution >= 0.6 is 22.6 Å². The van der Waals surface area contributed by atoms with Crippen LogP contribution in [0.1, 0.15) is 20.8 Å². The van der Waals surface area contributed by atoms with E-state index in [9.17, 15) is 24.0 Å². The molecule has 2 N–H and O–H groups in total. The van der Waals surface area contributed by atoms with Crippen LogP contribution < -0.4 is 144 Å². The Morgan fingerprint density at radius 3 is 0.947 bits per heavy atom. The molecule has 0 amide bonds. The fourth-order valence-electron chi connectivity index (χ4n) is 8.04. The second kappa shape index (κ2) is 46.4. The second-order valence-corrected chi connectivity index (χ2v) is 22.3. The number of carboxylic acids is 2. The molecule has 5 fully saturated rings. The van der Waals surface area contributed by atoms with Gasteiger partial charge < -0.3 is 200 Å². The third kappa shape index (κ3) is 46.2. The minimum atomic E-state index is -0.720. The molecule has 0 saturated carbocycles. The highest BCUT2D eigenvalue weighted by Crippen LogP contribution is 2.14. The van der Waals surface area contributed by atoms with Gasteiger partial charge in [-0.1, -0.05) is 22.6 Å². The zero-order valence-corrected chi connectivity index (χ0v) is 63.7. The van der Waals surface area contributed by atoms with E-state index in [2.05, 4.69) is 108 Å². The van der Waals surface area contributed by atoms with Crippen LogP contribution in [0.3, 0.4) is 0 Å². The third-order valence-electron chi connectivity index (χ3n) is 13.7. The standard InChI is InChI=1S/C11H24N2O2.C10H21N2O2.C9H19N2O2.C9H18N2O2.C8H16N2O2.CH3I.6HI/c1-5-15-11(14)10-13(4)8-6-12(2,3)7-9-13;1-4-14-10(13)9-11-5-7-12(2,3)8-6-11;1-10(2)4-6-11(3,7-5-10)8-9(12)13;1-3-13-9(12)8-11-6-4-10(2)5-7-11;1-10(2)5-3-9(4-6-10)7-8(11)12;1-2;;;;;;/h5-10H2,1-4H3;4-9H2,1-3H3;4-8H2,1-3H3;3-8H2,1-2H3;3-7H2,1-2H3;1H3;6*1H/q+2;2*+1;;;;;;;;;/p-4. The molecule has 27 heteroatoms. The largest absolute Gasteiger partial charge is 1.00 e. The molecule has 0 aromatic carbocycles. The van der Waals surface area contributed by atoms with Gasteiger partial charge in [0.1, 0.15) is 52.4 Å². The Balaban J connectivity index is -0.000000150. The summed E-state index contributed by atoms with van der Waals surface area (Å²) in [5.74, 6) is -1.67. The number of nitrogens with zero attached hydrogens (tertiary/aromatic N) is 10. The topological polar surface area (TPSA) is 166 Å². The first-order valence-electron chi connectivity index (χ1n) is 25.0. The van der Waals surface area contributed by atoms with Gasteiger partial charge in [0.15, 0.2) is 13.1 Å². The molecule has 5 heterocycles. The smallest absolute Gasteiger partial charge is 0.361 e. The lowest BCUT2D eigenvalue weighted by Crippen LogP contribution is -3.00. The fourth-order valence-corrected chi connectivity index (χ4v) is 8.04. The van der Waals surface area contributed by atoms with Gasteiger partial charge in [-0.15, -0.1) is 0 Å². The van der Waals surface area contributed by atoms with Gasteiger partial charge in [-0.2, -0.15) is 0 Å². The summed E-state index contributed by atoms with van der Waals surface area (Å²) in [7, 11) is 24.0. The van der Waals surface area contributed by atoms with E-state index in [1.54, 1.807) is 0 Å². The summed E-state index contributed by atoms with van der Waals surface area (Å²) < 4.78 is 20.5. The van der Waals surface area contributed by atoms with E-state index in [1.165, 1.54) is 0 Å². The van der Waals surface area contributed by atoms with E-state index in [-0.39, 0.29) is 175 Å². The molecule has 20 nitrogen and oxygen atoms in total. The number of hydrogen-bond acceptors (Lipinski definition) is 12. The third-order valence-corrected chi connectivity index (χ3v) is 13.7. The SMILES string of the molecule is CCOC(=O)CN1CCN(C)CC1.CCOC(=O)CN1CC[N+](C)(C)CC1.CCOC(=O)C[N+]1(C)CC[N+](C)(C)CC1.CI.C[N+]1(C)CCN(CC(=O)O)CC1.C[N+]1(C)CC[N+](C)(CC(=O)O)CC1.[I-].[I-].[I-].[I-].[I-].[I-]. The number of likely N-dealkylation sites (N-methyl/N-ethyl adjacent to an activating group) is 7. The van der Waals surface area contributed by atoms with Gasteiger partial charge in [-0.25, -0.2) is 9.59 Å². The van der Waals surface area contributed by atoms with Crippen molar-refractivity contribution in [3.63, 3.8) is 0 Å². The lowest BCUT2D eigenvalue weighted by Gasteiger charge is -2.43. The molecular formula is C48H103I7N10O10. The Kier molecular flexibility index (Phi) is 56.2. The lowest BCUT2D eigenvalue weighted by atomic mass is 10.2. The van der Waals surface area contributed by atoms with Crippen molar-refractivity contribution in [2.45, 2.75) is 20.8 Å². The second-order valence-electron chi connectivity index (χ2n) is 22.3. The normalized spacial score (nSPS) is 20.6. The van der Waals surface area contributed by atoms with Crippen molar-refractivity contribution in [1.82, 2.24) is 19.6 Å². The average molecular weight is 1870 g/mol. The quantitative estimate of drug-likeness (QED) is 0.0588. The molecule has 75 heavy (non-hydrogen) atoms. The zero-order chi connectivity index (χ0) is 53.1. The number of aliphatic carboxylic acids is 2. The Hall–Kier alpha value is 2.06. The molecule has 0 aromatic heterocycles. The van der Waals surface area contributed by atoms with Gasteiger partial charge in [-0.05, 0) is 32.7 Å². The van der Waals surface area contributed by atoms with Crippen LogP contribution in [0.4, 0.5) is 0 Å². The maximum atomic E-state index is 11.4. The molecule has 5 saturated heterocycles. The number of alkyl halides is 1. The van der Waals surface area contributed by atoms with Crippen molar-refractivity contribution in [3.05, 3.63) is 0 Å². The summed E-state index contributed by atoms with van der Waals surface area (Å²) in [6.07, 6.45) is 0. The van der Waals surface area contributed by atoms with Crippen molar-refractivity contribution in [2.75, 3.05) is 266 Å². The summed E-state index contributed by atoms with van der Waals surface area (Å²) in [5.41, 5.74) is 0. The molecule has 0 spiro atoms. The van der Waals surface area contributed by atoms with Gasteiger partial charge >= 0.3 is 29.8 Å². The molecule has 454 valence electrons. The van der Waals surface area contributed by atoms with E-state index < -0.39 is 11.9 Å². The van der Waals surface area contributed by atoms with Gasteiger partial charge in [0.25, 0.3) is 0 Å². The number of carbonyl (C=O) groups is 5. The van der Waals surface area contributed by atoms with Crippen molar-refractivity contribution >= 4 is 52.4 Å². The first kappa shape index (κ1) is 90.8. The van der Waals surface area contributed by atoms with Crippen molar-refractivity contribution in [2.24, 2.45) is 0 Å². The van der Waals surface area contributed by atoms with Crippen LogP contribution in [0.5, 0.6) is 0 Å². The van der Waals surface area contributed by atoms with Crippen LogP contribution in [0.15, 0.2) is 0 Å². The van der Waals surface area contributed by atoms with E-state index in [0.29, 0.717) is 43.9 Å². The molecule has 5 aliphatic heterocycles. The molecule has 5 rings (SSSR count). The summed E-state index contributed by atoms with van der Waals surface area (Å²) in [6, 6.07) is 0. The summed E-state index contributed by atoms with van der Waals surface area (Å²) in [5, 5.41) is 17.3. The average Bonchev–Trinajstić information content (AvgIpc) is 3.25. The monoisotopic (exact) mass is 1870 g/mol.